The number of nitrogens with one attached hydrogen (secondary N) is 1. The molecule has 0 aromatic carbocycles. The number of hydrogen-bond acceptors (Lipinski definition) is 9. The van der Waals surface area contributed by atoms with Crippen LogP contribution in [0.4, 0.5) is 19.0 Å². The van der Waals surface area contributed by atoms with Gasteiger partial charge in [0.1, 0.15) is 11.5 Å². The summed E-state index contributed by atoms with van der Waals surface area (Å²) in [6.07, 6.45) is -4.36. The summed E-state index contributed by atoms with van der Waals surface area (Å²) in [5, 5.41) is 19.5. The predicted molar refractivity (Wildman–Crippen MR) is 130 cm³/mol. The molecule has 1 aliphatic rings. The number of nitrogens with zero attached hydrogens (tertiary/aromatic N) is 5. The Morgan fingerprint density at radius 1 is 1.16 bits per heavy atom. The lowest BCUT2D eigenvalue weighted by Crippen LogP contribution is -2.48. The number of aromatic nitrogens is 4. The van der Waals surface area contributed by atoms with Crippen molar-refractivity contribution in [2.45, 2.75) is 35.9 Å². The van der Waals surface area contributed by atoms with Gasteiger partial charge in [0, 0.05) is 44.2 Å². The molecule has 4 rings (SSSR count). The van der Waals surface area contributed by atoms with Crippen molar-refractivity contribution in [1.29, 1.82) is 0 Å². The highest BCUT2D eigenvalue weighted by Gasteiger charge is 2.38. The maximum atomic E-state index is 11.7. The minimum absolute atomic E-state index is 0.000318. The number of halogens is 4. The van der Waals surface area contributed by atoms with Crippen molar-refractivity contribution < 1.29 is 37.8 Å². The van der Waals surface area contributed by atoms with Crippen LogP contribution in [0.15, 0.2) is 14.9 Å². The largest absolute Gasteiger partial charge is 0.490 e. The number of amides is 1. The molecule has 3 aromatic rings. The number of rotatable bonds is 5. The van der Waals surface area contributed by atoms with E-state index in [4.69, 9.17) is 31.6 Å². The monoisotopic (exact) mass is 580 g/mol. The highest BCUT2D eigenvalue weighted by atomic mass is 35.5. The number of aliphatic carboxylic acids is 1. The number of anilines is 1. The number of carboxylic acids is 2. The van der Waals surface area contributed by atoms with Gasteiger partial charge in [0.15, 0.2) is 15.2 Å². The molecule has 3 N–H and O–H groups in total. The molecule has 1 aliphatic heterocycles. The second-order valence-corrected chi connectivity index (χ2v) is 9.98. The van der Waals surface area contributed by atoms with Gasteiger partial charge < -0.3 is 25.0 Å². The molecule has 0 atom stereocenters. The molecule has 1 saturated heterocycles. The molecule has 0 spiro atoms. The van der Waals surface area contributed by atoms with Gasteiger partial charge in [-0.1, -0.05) is 18.5 Å². The van der Waals surface area contributed by atoms with Crippen molar-refractivity contribution in [3.05, 3.63) is 21.8 Å². The van der Waals surface area contributed by atoms with Crippen LogP contribution >= 0.6 is 34.7 Å². The summed E-state index contributed by atoms with van der Waals surface area (Å²) in [6, 6.07) is 0. The van der Waals surface area contributed by atoms with Gasteiger partial charge in [-0.2, -0.15) is 13.2 Å². The summed E-state index contributed by atoms with van der Waals surface area (Å²) < 4.78 is 32.3. The second-order valence-electron chi connectivity index (χ2n) is 7.53. The van der Waals surface area contributed by atoms with Crippen LogP contribution in [0, 0.1) is 0 Å². The van der Waals surface area contributed by atoms with E-state index in [0.29, 0.717) is 52.2 Å². The average Bonchev–Trinajstić information content (AvgIpc) is 3.43. The van der Waals surface area contributed by atoms with Crippen LogP contribution in [0.3, 0.4) is 0 Å². The molecule has 37 heavy (non-hydrogen) atoms. The molecule has 0 aliphatic carbocycles. The molecule has 1 fully saturated rings. The van der Waals surface area contributed by atoms with Crippen LogP contribution in [-0.4, -0.2) is 85.2 Å². The standard InChI is InChI=1S/C18H19ClN6O3S2.C2HF3O2/c1-3-10-13(19)12-14(20-10)22-17(30-18-21-11(8-29-18)16(27)28)23-15(12)25-6-4-24(5-7-25)9(2)26;3-2(4,5)1(6)7/h8H,3-7H2,1-2H3,(H,27,28)(H,20,22,23);(H,6,7). The summed E-state index contributed by atoms with van der Waals surface area (Å²) in [4.78, 5) is 52.3. The fraction of sp³-hybridized carbons (Fsp3) is 0.400. The van der Waals surface area contributed by atoms with Crippen molar-refractivity contribution >= 4 is 69.4 Å². The zero-order valence-electron chi connectivity index (χ0n) is 19.3. The SMILES string of the molecule is CCc1[nH]c2nc(Sc3nc(C(=O)O)cs3)nc(N3CCN(C(C)=O)CC3)c2c1Cl.O=C(O)C(F)(F)F. The summed E-state index contributed by atoms with van der Waals surface area (Å²) >= 11 is 9.07. The van der Waals surface area contributed by atoms with Gasteiger partial charge in [-0.25, -0.2) is 24.5 Å². The number of thiazole rings is 1. The number of piperazine rings is 1. The average molecular weight is 581 g/mol. The fourth-order valence-corrected chi connectivity index (χ4v) is 5.30. The molecule has 17 heteroatoms. The molecular formula is C20H20ClF3N6O5S2. The molecule has 0 unspecified atom stereocenters. The fourth-order valence-electron chi connectivity index (χ4n) is 3.30. The smallest absolute Gasteiger partial charge is 0.476 e. The number of aromatic amines is 1. The molecule has 1 amide bonds. The second kappa shape index (κ2) is 11.5. The Balaban J connectivity index is 0.000000479. The summed E-state index contributed by atoms with van der Waals surface area (Å²) in [7, 11) is 0. The molecule has 4 heterocycles. The van der Waals surface area contributed by atoms with Gasteiger partial charge in [-0.3, -0.25) is 4.79 Å². The highest BCUT2D eigenvalue weighted by Crippen LogP contribution is 2.37. The van der Waals surface area contributed by atoms with Crippen molar-refractivity contribution in [2.24, 2.45) is 0 Å². The highest BCUT2D eigenvalue weighted by molar-refractivity contribution is 8.00. The lowest BCUT2D eigenvalue weighted by molar-refractivity contribution is -0.192. The third-order valence-electron chi connectivity index (χ3n) is 5.12. The Kier molecular flexibility index (Phi) is 8.86. The number of carbonyl (C=O) groups is 3. The molecular weight excluding hydrogens is 561 g/mol. The lowest BCUT2D eigenvalue weighted by atomic mass is 10.2. The van der Waals surface area contributed by atoms with Crippen LogP contribution < -0.4 is 4.90 Å². The third-order valence-corrected chi connectivity index (χ3v) is 7.35. The summed E-state index contributed by atoms with van der Waals surface area (Å²) in [5.74, 6) is -3.05. The number of aryl methyl sites for hydroxylation is 1. The van der Waals surface area contributed by atoms with E-state index < -0.39 is 18.1 Å². The third kappa shape index (κ3) is 6.81. The Morgan fingerprint density at radius 3 is 2.27 bits per heavy atom. The van der Waals surface area contributed by atoms with Crippen LogP contribution in [-0.2, 0) is 16.0 Å². The molecule has 11 nitrogen and oxygen atoms in total. The van der Waals surface area contributed by atoms with Gasteiger partial charge in [0.05, 0.1) is 10.4 Å². The number of carboxylic acid groups (broad SMARTS) is 2. The van der Waals surface area contributed by atoms with Crippen molar-refractivity contribution in [3.63, 3.8) is 0 Å². The van der Waals surface area contributed by atoms with Gasteiger partial charge in [-0.15, -0.1) is 11.3 Å². The first-order chi connectivity index (χ1) is 17.3. The topological polar surface area (TPSA) is 153 Å². The summed E-state index contributed by atoms with van der Waals surface area (Å²) in [5.41, 5.74) is 1.52. The number of carbonyl (C=O) groups excluding carboxylic acids is 1. The normalized spacial score (nSPS) is 13.9. The molecule has 0 saturated carbocycles. The minimum atomic E-state index is -5.08. The van der Waals surface area contributed by atoms with E-state index in [1.54, 1.807) is 6.92 Å². The predicted octanol–water partition coefficient (Wildman–Crippen LogP) is 3.78. The van der Waals surface area contributed by atoms with Crippen LogP contribution in [0.2, 0.25) is 5.02 Å². The van der Waals surface area contributed by atoms with E-state index in [9.17, 15) is 22.8 Å². The van der Waals surface area contributed by atoms with Gasteiger partial charge in [0.25, 0.3) is 0 Å². The van der Waals surface area contributed by atoms with Gasteiger partial charge in [0.2, 0.25) is 5.91 Å². The zero-order chi connectivity index (χ0) is 27.5. The number of alkyl halides is 3. The van der Waals surface area contributed by atoms with Gasteiger partial charge >= 0.3 is 18.1 Å². The quantitative estimate of drug-likeness (QED) is 0.380. The molecule has 3 aromatic heterocycles. The van der Waals surface area contributed by atoms with Crippen molar-refractivity contribution in [3.8, 4) is 0 Å². The van der Waals surface area contributed by atoms with E-state index in [1.165, 1.54) is 28.5 Å². The van der Waals surface area contributed by atoms with E-state index in [-0.39, 0.29) is 11.6 Å². The Morgan fingerprint density at radius 2 is 1.78 bits per heavy atom. The van der Waals surface area contributed by atoms with E-state index in [1.807, 2.05) is 11.8 Å². The Labute approximate surface area is 220 Å². The first-order valence-electron chi connectivity index (χ1n) is 10.6. The van der Waals surface area contributed by atoms with Crippen LogP contribution in [0.1, 0.15) is 30.0 Å². The van der Waals surface area contributed by atoms with Gasteiger partial charge in [-0.05, 0) is 18.2 Å². The molecule has 200 valence electrons. The van der Waals surface area contributed by atoms with Crippen molar-refractivity contribution in [1.82, 2.24) is 24.8 Å². The number of H-pyrrole nitrogens is 1. The lowest BCUT2D eigenvalue weighted by Gasteiger charge is -2.35. The molecule has 0 radical (unpaired) electrons. The Bertz CT molecular complexity index is 1320. The maximum absolute atomic E-state index is 11.7. The summed E-state index contributed by atoms with van der Waals surface area (Å²) in [6.45, 7) is 6.08. The zero-order valence-corrected chi connectivity index (χ0v) is 21.7. The van der Waals surface area contributed by atoms with Crippen molar-refractivity contribution in [2.75, 3.05) is 31.1 Å². The van der Waals surface area contributed by atoms with E-state index in [2.05, 4.69) is 19.9 Å². The number of hydrogen-bond donors (Lipinski definition) is 3. The maximum Gasteiger partial charge on any atom is 0.490 e. The van der Waals surface area contributed by atoms with Crippen LogP contribution in [0.5, 0.6) is 0 Å². The van der Waals surface area contributed by atoms with Crippen LogP contribution in [0.25, 0.3) is 11.0 Å². The Hall–Kier alpha value is -3.11. The first-order valence-corrected chi connectivity index (χ1v) is 12.6. The minimum Gasteiger partial charge on any atom is -0.476 e. The van der Waals surface area contributed by atoms with E-state index >= 15 is 0 Å². The number of aromatic carboxylic acids is 1. The molecule has 0 bridgehead atoms. The number of fused-ring (bicyclic) bond motifs is 1. The van der Waals surface area contributed by atoms with E-state index in [0.717, 1.165) is 17.5 Å². The first kappa shape index (κ1) is 28.5.